The summed E-state index contributed by atoms with van der Waals surface area (Å²) in [7, 11) is 1.98. The Kier molecular flexibility index (Phi) is 12.8. The van der Waals surface area contributed by atoms with Gasteiger partial charge in [0, 0.05) is 24.6 Å². The summed E-state index contributed by atoms with van der Waals surface area (Å²) < 4.78 is 10.7. The molecule has 128 valence electrons. The topological polar surface area (TPSA) is 62.2 Å². The van der Waals surface area contributed by atoms with Gasteiger partial charge in [-0.2, -0.15) is 11.8 Å². The van der Waals surface area contributed by atoms with Gasteiger partial charge in [0.15, 0.2) is 0 Å². The van der Waals surface area contributed by atoms with E-state index in [-0.39, 0.29) is 12.2 Å². The number of thioether (sulfide) groups is 1. The minimum absolute atomic E-state index is 0.148. The molecule has 0 fully saturated rings. The van der Waals surface area contributed by atoms with E-state index in [0.717, 1.165) is 12.3 Å². The lowest BCUT2D eigenvalue weighted by atomic mass is 10.3. The van der Waals surface area contributed by atoms with Crippen molar-refractivity contribution < 1.29 is 19.7 Å². The molecule has 0 aliphatic heterocycles. The maximum absolute atomic E-state index is 9.81. The van der Waals surface area contributed by atoms with Crippen molar-refractivity contribution in [1.29, 1.82) is 0 Å². The maximum Gasteiger partial charge on any atom is 0.0900 e. The summed E-state index contributed by atoms with van der Waals surface area (Å²) in [6.07, 6.45) is -0.555. The molecule has 6 heteroatoms. The zero-order valence-electron chi connectivity index (χ0n) is 14.1. The molecule has 0 saturated carbocycles. The summed E-state index contributed by atoms with van der Waals surface area (Å²) in [6.45, 7) is 10.1. The molecule has 2 atom stereocenters. The van der Waals surface area contributed by atoms with E-state index in [4.69, 9.17) is 9.47 Å². The first-order chi connectivity index (χ1) is 9.81. The fourth-order valence-corrected chi connectivity index (χ4v) is 2.57. The molecule has 0 radical (unpaired) electrons. The van der Waals surface area contributed by atoms with Gasteiger partial charge in [-0.05, 0) is 34.7 Å². The summed E-state index contributed by atoms with van der Waals surface area (Å²) >= 11 is 1.70. The van der Waals surface area contributed by atoms with Crippen LogP contribution in [0.15, 0.2) is 0 Å². The van der Waals surface area contributed by atoms with Crippen LogP contribution in [0.4, 0.5) is 0 Å². The van der Waals surface area contributed by atoms with E-state index >= 15 is 0 Å². The molecular weight excluding hydrogens is 290 g/mol. The molecule has 0 aromatic heterocycles. The molecule has 0 rings (SSSR count). The van der Waals surface area contributed by atoms with Crippen LogP contribution in [-0.4, -0.2) is 84.4 Å². The second kappa shape index (κ2) is 12.7. The molecule has 0 saturated heterocycles. The molecule has 0 amide bonds. The Labute approximate surface area is 134 Å². The minimum Gasteiger partial charge on any atom is -0.390 e. The summed E-state index contributed by atoms with van der Waals surface area (Å²) in [4.78, 5) is 2.08. The van der Waals surface area contributed by atoms with Gasteiger partial charge in [-0.25, -0.2) is 0 Å². The van der Waals surface area contributed by atoms with E-state index < -0.39 is 12.2 Å². The molecule has 5 nitrogen and oxygen atoms in total. The van der Waals surface area contributed by atoms with Gasteiger partial charge in [0.05, 0.1) is 37.6 Å². The van der Waals surface area contributed by atoms with Crippen molar-refractivity contribution in [2.45, 2.75) is 52.1 Å². The molecule has 0 aliphatic rings. The first-order valence-electron chi connectivity index (χ1n) is 7.66. The Bertz CT molecular complexity index is 242. The van der Waals surface area contributed by atoms with Crippen molar-refractivity contribution in [2.24, 2.45) is 0 Å². The Morgan fingerprint density at radius 2 is 1.48 bits per heavy atom. The highest BCUT2D eigenvalue weighted by Gasteiger charge is 2.10. The highest BCUT2D eigenvalue weighted by Crippen LogP contribution is 2.05. The van der Waals surface area contributed by atoms with Crippen molar-refractivity contribution in [2.75, 3.05) is 44.9 Å². The average Bonchev–Trinajstić information content (AvgIpc) is 2.39. The van der Waals surface area contributed by atoms with Crippen LogP contribution >= 0.6 is 11.8 Å². The molecule has 2 N–H and O–H groups in total. The predicted molar refractivity (Wildman–Crippen MR) is 89.0 cm³/mol. The number of nitrogens with zero attached hydrogens (tertiary/aromatic N) is 1. The molecule has 21 heavy (non-hydrogen) atoms. The number of rotatable bonds is 13. The van der Waals surface area contributed by atoms with Gasteiger partial charge in [0.2, 0.25) is 0 Å². The second-order valence-electron chi connectivity index (χ2n) is 5.91. The highest BCUT2D eigenvalue weighted by atomic mass is 32.2. The van der Waals surface area contributed by atoms with Gasteiger partial charge in [-0.15, -0.1) is 0 Å². The number of likely N-dealkylation sites (N-methyl/N-ethyl adjacent to an activating group) is 1. The normalized spacial score (nSPS) is 15.1. The SMILES string of the molecule is CC(C)OCC(O)CSCCN(C)CC(O)COC(C)C. The summed E-state index contributed by atoms with van der Waals surface area (Å²) in [5.41, 5.74) is 0. The standard InChI is InChI=1S/C15H33NO4S/c1-12(2)19-9-14(17)8-16(5)6-7-21-11-15(18)10-20-13(3)4/h12-15,17-18H,6-11H2,1-5H3. The first-order valence-corrected chi connectivity index (χ1v) is 8.82. The van der Waals surface area contributed by atoms with Crippen molar-refractivity contribution >= 4 is 11.8 Å². The van der Waals surface area contributed by atoms with E-state index in [9.17, 15) is 10.2 Å². The lowest BCUT2D eigenvalue weighted by molar-refractivity contribution is -0.00493. The third kappa shape index (κ3) is 14.8. The smallest absolute Gasteiger partial charge is 0.0900 e. The second-order valence-corrected chi connectivity index (χ2v) is 7.06. The predicted octanol–water partition coefficient (Wildman–Crippen LogP) is 1.22. The zero-order valence-corrected chi connectivity index (χ0v) is 14.9. The van der Waals surface area contributed by atoms with Gasteiger partial charge in [0.1, 0.15) is 0 Å². The third-order valence-electron chi connectivity index (χ3n) is 2.69. The quantitative estimate of drug-likeness (QED) is 0.497. The fraction of sp³-hybridized carbons (Fsp3) is 1.00. The Morgan fingerprint density at radius 1 is 0.952 bits per heavy atom. The number of hydrogen-bond acceptors (Lipinski definition) is 6. The Balaban J connectivity index is 3.54. The van der Waals surface area contributed by atoms with E-state index in [1.54, 1.807) is 11.8 Å². The molecular formula is C15H33NO4S. The summed E-state index contributed by atoms with van der Waals surface area (Å²) in [6, 6.07) is 0. The van der Waals surface area contributed by atoms with E-state index in [1.165, 1.54) is 0 Å². The number of aliphatic hydroxyl groups is 2. The van der Waals surface area contributed by atoms with Crippen LogP contribution in [0.2, 0.25) is 0 Å². The van der Waals surface area contributed by atoms with E-state index in [0.29, 0.717) is 25.5 Å². The monoisotopic (exact) mass is 323 g/mol. The largest absolute Gasteiger partial charge is 0.390 e. The zero-order chi connectivity index (χ0) is 16.3. The van der Waals surface area contributed by atoms with Crippen LogP contribution < -0.4 is 0 Å². The molecule has 0 heterocycles. The molecule has 0 bridgehead atoms. The van der Waals surface area contributed by atoms with Crippen LogP contribution in [0, 0.1) is 0 Å². The van der Waals surface area contributed by atoms with Gasteiger partial charge < -0.3 is 24.6 Å². The number of aliphatic hydroxyl groups excluding tert-OH is 2. The lowest BCUT2D eigenvalue weighted by Gasteiger charge is -2.21. The Morgan fingerprint density at radius 3 is 2.00 bits per heavy atom. The number of ether oxygens (including phenoxy) is 2. The molecule has 0 aliphatic carbocycles. The average molecular weight is 323 g/mol. The fourth-order valence-electron chi connectivity index (χ4n) is 1.60. The van der Waals surface area contributed by atoms with Crippen LogP contribution in [0.5, 0.6) is 0 Å². The van der Waals surface area contributed by atoms with Crippen LogP contribution in [-0.2, 0) is 9.47 Å². The molecule has 0 aromatic carbocycles. The van der Waals surface area contributed by atoms with Gasteiger partial charge in [-0.1, -0.05) is 0 Å². The van der Waals surface area contributed by atoms with Gasteiger partial charge in [0.25, 0.3) is 0 Å². The van der Waals surface area contributed by atoms with Crippen molar-refractivity contribution in [3.63, 3.8) is 0 Å². The third-order valence-corrected chi connectivity index (χ3v) is 3.79. The summed E-state index contributed by atoms with van der Waals surface area (Å²) in [5.74, 6) is 1.60. The first kappa shape index (κ1) is 21.1. The van der Waals surface area contributed by atoms with Gasteiger partial charge in [-0.3, -0.25) is 0 Å². The molecule has 0 spiro atoms. The molecule has 2 unspecified atom stereocenters. The lowest BCUT2D eigenvalue weighted by Crippen LogP contribution is -2.34. The summed E-state index contributed by atoms with van der Waals surface area (Å²) in [5, 5.41) is 19.5. The van der Waals surface area contributed by atoms with Crippen LogP contribution in [0.1, 0.15) is 27.7 Å². The molecule has 0 aromatic rings. The van der Waals surface area contributed by atoms with Crippen LogP contribution in [0.3, 0.4) is 0 Å². The Hall–Kier alpha value is 0.150. The van der Waals surface area contributed by atoms with E-state index in [2.05, 4.69) is 4.90 Å². The van der Waals surface area contributed by atoms with Gasteiger partial charge >= 0.3 is 0 Å². The van der Waals surface area contributed by atoms with Crippen molar-refractivity contribution in [3.8, 4) is 0 Å². The van der Waals surface area contributed by atoms with Crippen molar-refractivity contribution in [1.82, 2.24) is 4.90 Å². The highest BCUT2D eigenvalue weighted by molar-refractivity contribution is 7.99. The van der Waals surface area contributed by atoms with Crippen LogP contribution in [0.25, 0.3) is 0 Å². The van der Waals surface area contributed by atoms with Crippen molar-refractivity contribution in [3.05, 3.63) is 0 Å². The minimum atomic E-state index is -0.451. The maximum atomic E-state index is 9.81. The van der Waals surface area contributed by atoms with E-state index in [1.807, 2.05) is 34.7 Å². The number of hydrogen-bond donors (Lipinski definition) is 2.